The van der Waals surface area contributed by atoms with E-state index in [0.717, 1.165) is 10.7 Å². The normalized spacial score (nSPS) is 10.6. The zero-order chi connectivity index (χ0) is 12.8. The van der Waals surface area contributed by atoms with Crippen molar-refractivity contribution in [2.24, 2.45) is 0 Å². The minimum Gasteiger partial charge on any atom is -0.395 e. The largest absolute Gasteiger partial charge is 0.395 e. The maximum atomic E-state index is 11.5. The first-order valence-corrected chi connectivity index (χ1v) is 6.46. The standard InChI is InChI=1S/C11H19N3O2S/c1-8(2)9-7-17-10(13-9)6-12-11(16)14(3)4-5-15/h7-8,15H,4-6H2,1-3H3,(H,12,16). The zero-order valence-electron chi connectivity index (χ0n) is 10.4. The van der Waals surface area contributed by atoms with Gasteiger partial charge in [0.1, 0.15) is 5.01 Å². The second-order valence-corrected chi connectivity index (χ2v) is 5.07. The van der Waals surface area contributed by atoms with Crippen LogP contribution >= 0.6 is 11.3 Å². The zero-order valence-corrected chi connectivity index (χ0v) is 11.3. The average molecular weight is 257 g/mol. The van der Waals surface area contributed by atoms with Gasteiger partial charge in [0, 0.05) is 19.0 Å². The van der Waals surface area contributed by atoms with Crippen LogP contribution in [0.1, 0.15) is 30.5 Å². The number of urea groups is 1. The molecule has 0 atom stereocenters. The molecule has 0 radical (unpaired) electrons. The van der Waals surface area contributed by atoms with Crippen molar-refractivity contribution in [2.75, 3.05) is 20.2 Å². The van der Waals surface area contributed by atoms with Crippen molar-refractivity contribution in [1.82, 2.24) is 15.2 Å². The Kier molecular flexibility index (Phi) is 5.37. The second kappa shape index (κ2) is 6.56. The molecule has 0 saturated heterocycles. The number of carbonyl (C=O) groups is 1. The SMILES string of the molecule is CC(C)c1csc(CNC(=O)N(C)CCO)n1. The number of hydrogen-bond donors (Lipinski definition) is 2. The summed E-state index contributed by atoms with van der Waals surface area (Å²) in [5, 5.41) is 14.4. The van der Waals surface area contributed by atoms with Crippen LogP contribution in [0.4, 0.5) is 4.79 Å². The Hall–Kier alpha value is -1.14. The molecule has 0 fully saturated rings. The molecule has 0 spiro atoms. The highest BCUT2D eigenvalue weighted by molar-refractivity contribution is 7.09. The number of nitrogens with one attached hydrogen (secondary N) is 1. The van der Waals surface area contributed by atoms with Crippen LogP contribution in [-0.4, -0.2) is 41.2 Å². The van der Waals surface area contributed by atoms with Gasteiger partial charge in [0.15, 0.2) is 0 Å². The quantitative estimate of drug-likeness (QED) is 0.838. The minimum absolute atomic E-state index is 0.0291. The highest BCUT2D eigenvalue weighted by Gasteiger charge is 2.09. The first kappa shape index (κ1) is 13.9. The van der Waals surface area contributed by atoms with E-state index in [0.29, 0.717) is 19.0 Å². The van der Waals surface area contributed by atoms with Gasteiger partial charge in [-0.05, 0) is 5.92 Å². The molecule has 1 aromatic heterocycles. The fourth-order valence-corrected chi connectivity index (χ4v) is 2.10. The van der Waals surface area contributed by atoms with Gasteiger partial charge in [0.2, 0.25) is 0 Å². The number of hydrogen-bond acceptors (Lipinski definition) is 4. The molecule has 17 heavy (non-hydrogen) atoms. The van der Waals surface area contributed by atoms with E-state index in [2.05, 4.69) is 24.1 Å². The molecular formula is C11H19N3O2S. The lowest BCUT2D eigenvalue weighted by atomic mass is 10.2. The van der Waals surface area contributed by atoms with E-state index in [-0.39, 0.29) is 12.6 Å². The van der Waals surface area contributed by atoms with E-state index in [1.54, 1.807) is 18.4 Å². The Morgan fingerprint density at radius 1 is 1.65 bits per heavy atom. The predicted octanol–water partition coefficient (Wildman–Crippen LogP) is 1.40. The number of aliphatic hydroxyl groups excluding tert-OH is 1. The second-order valence-electron chi connectivity index (χ2n) is 4.12. The molecule has 0 unspecified atom stereocenters. The van der Waals surface area contributed by atoms with Gasteiger partial charge in [0.05, 0.1) is 18.8 Å². The Labute approximate surface area is 105 Å². The Balaban J connectivity index is 2.41. The third kappa shape index (κ3) is 4.32. The van der Waals surface area contributed by atoms with Crippen molar-refractivity contribution >= 4 is 17.4 Å². The molecule has 5 nitrogen and oxygen atoms in total. The molecule has 1 aromatic rings. The van der Waals surface area contributed by atoms with Crippen LogP contribution in [0.3, 0.4) is 0 Å². The van der Waals surface area contributed by atoms with Crippen molar-refractivity contribution in [3.05, 3.63) is 16.1 Å². The van der Waals surface area contributed by atoms with Crippen molar-refractivity contribution in [2.45, 2.75) is 26.3 Å². The van der Waals surface area contributed by atoms with Gasteiger partial charge < -0.3 is 15.3 Å². The summed E-state index contributed by atoms with van der Waals surface area (Å²) < 4.78 is 0. The van der Waals surface area contributed by atoms with E-state index in [1.807, 2.05) is 5.38 Å². The van der Waals surface area contributed by atoms with Crippen molar-refractivity contribution in [1.29, 1.82) is 0 Å². The van der Waals surface area contributed by atoms with Gasteiger partial charge >= 0.3 is 6.03 Å². The highest BCUT2D eigenvalue weighted by atomic mass is 32.1. The van der Waals surface area contributed by atoms with Crippen molar-refractivity contribution in [3.8, 4) is 0 Å². The first-order chi connectivity index (χ1) is 8.04. The summed E-state index contributed by atoms with van der Waals surface area (Å²) in [6.07, 6.45) is 0. The van der Waals surface area contributed by atoms with E-state index in [1.165, 1.54) is 4.90 Å². The summed E-state index contributed by atoms with van der Waals surface area (Å²) >= 11 is 1.55. The summed E-state index contributed by atoms with van der Waals surface area (Å²) in [6, 6.07) is -0.194. The number of amides is 2. The number of likely N-dealkylation sites (N-methyl/N-ethyl adjacent to an activating group) is 1. The predicted molar refractivity (Wildman–Crippen MR) is 68.2 cm³/mol. The van der Waals surface area contributed by atoms with Gasteiger partial charge in [0.25, 0.3) is 0 Å². The van der Waals surface area contributed by atoms with Crippen LogP contribution in [0, 0.1) is 0 Å². The number of nitrogens with zero attached hydrogens (tertiary/aromatic N) is 2. The van der Waals surface area contributed by atoms with Gasteiger partial charge in [-0.1, -0.05) is 13.8 Å². The van der Waals surface area contributed by atoms with Crippen LogP contribution in [0.15, 0.2) is 5.38 Å². The van der Waals surface area contributed by atoms with Crippen LogP contribution in [0.25, 0.3) is 0 Å². The Bertz CT molecular complexity index is 365. The van der Waals surface area contributed by atoms with E-state index in [4.69, 9.17) is 5.11 Å². The van der Waals surface area contributed by atoms with Gasteiger partial charge in [-0.2, -0.15) is 0 Å². The molecule has 0 aliphatic rings. The van der Waals surface area contributed by atoms with Gasteiger partial charge in [-0.3, -0.25) is 0 Å². The van der Waals surface area contributed by atoms with Crippen LogP contribution in [0.2, 0.25) is 0 Å². The van der Waals surface area contributed by atoms with Crippen molar-refractivity contribution in [3.63, 3.8) is 0 Å². The molecule has 6 heteroatoms. The molecular weight excluding hydrogens is 238 g/mol. The van der Waals surface area contributed by atoms with Crippen molar-refractivity contribution < 1.29 is 9.90 Å². The smallest absolute Gasteiger partial charge is 0.317 e. The maximum Gasteiger partial charge on any atom is 0.317 e. The van der Waals surface area contributed by atoms with E-state index >= 15 is 0 Å². The van der Waals surface area contributed by atoms with Crippen LogP contribution in [0.5, 0.6) is 0 Å². The number of aromatic nitrogens is 1. The average Bonchev–Trinajstić information content (AvgIpc) is 2.75. The lowest BCUT2D eigenvalue weighted by molar-refractivity contribution is 0.190. The van der Waals surface area contributed by atoms with Gasteiger partial charge in [-0.15, -0.1) is 11.3 Å². The molecule has 0 aromatic carbocycles. The molecule has 96 valence electrons. The number of thiazole rings is 1. The highest BCUT2D eigenvalue weighted by Crippen LogP contribution is 2.17. The van der Waals surface area contributed by atoms with E-state index < -0.39 is 0 Å². The van der Waals surface area contributed by atoms with Gasteiger partial charge in [-0.25, -0.2) is 9.78 Å². The molecule has 2 N–H and O–H groups in total. The lowest BCUT2D eigenvalue weighted by Gasteiger charge is -2.15. The monoisotopic (exact) mass is 257 g/mol. The Morgan fingerprint density at radius 3 is 2.88 bits per heavy atom. The van der Waals surface area contributed by atoms with E-state index in [9.17, 15) is 4.79 Å². The lowest BCUT2D eigenvalue weighted by Crippen LogP contribution is -2.38. The summed E-state index contributed by atoms with van der Waals surface area (Å²) in [7, 11) is 1.65. The molecule has 0 bridgehead atoms. The first-order valence-electron chi connectivity index (χ1n) is 5.58. The van der Waals surface area contributed by atoms with Crippen LogP contribution < -0.4 is 5.32 Å². The summed E-state index contributed by atoms with van der Waals surface area (Å²) in [4.78, 5) is 17.4. The third-order valence-electron chi connectivity index (χ3n) is 2.33. The molecule has 0 aliphatic carbocycles. The van der Waals surface area contributed by atoms with Crippen LogP contribution in [-0.2, 0) is 6.54 Å². The summed E-state index contributed by atoms with van der Waals surface area (Å²) in [5.74, 6) is 0.410. The summed E-state index contributed by atoms with van der Waals surface area (Å²) in [6.45, 7) is 4.92. The topological polar surface area (TPSA) is 65.5 Å². The number of aliphatic hydroxyl groups is 1. The number of carbonyl (C=O) groups excluding carboxylic acids is 1. The maximum absolute atomic E-state index is 11.5. The third-order valence-corrected chi connectivity index (χ3v) is 3.20. The molecule has 0 aliphatic heterocycles. The Morgan fingerprint density at radius 2 is 2.35 bits per heavy atom. The minimum atomic E-state index is -0.194. The fourth-order valence-electron chi connectivity index (χ4n) is 1.21. The molecule has 1 rings (SSSR count). The molecule has 2 amide bonds. The number of rotatable bonds is 5. The molecule has 1 heterocycles. The molecule has 0 saturated carbocycles. The fraction of sp³-hybridized carbons (Fsp3) is 0.636. The summed E-state index contributed by atoms with van der Waals surface area (Å²) in [5.41, 5.74) is 1.06.